The number of sulfone groups is 1. The quantitative estimate of drug-likeness (QED) is 0.540. The molecule has 1 saturated heterocycles. The molecule has 0 N–H and O–H groups in total. The number of hydrogen-bond donors (Lipinski definition) is 0. The van der Waals surface area contributed by atoms with Crippen LogP contribution in [-0.2, 0) is 9.84 Å². The molecule has 1 aliphatic rings. The Hall–Kier alpha value is -0.580. The highest BCUT2D eigenvalue weighted by Crippen LogP contribution is 2.09. The summed E-state index contributed by atoms with van der Waals surface area (Å²) < 4.78 is 21.5. The maximum absolute atomic E-state index is 10.8. The Morgan fingerprint density at radius 1 is 1.60 bits per heavy atom. The molecule has 1 rings (SSSR count). The van der Waals surface area contributed by atoms with Crippen molar-refractivity contribution in [3.63, 3.8) is 0 Å². The molecule has 0 radical (unpaired) electrons. The lowest BCUT2D eigenvalue weighted by atomic mass is 10.6. The lowest BCUT2D eigenvalue weighted by Crippen LogP contribution is -2.25. The van der Waals surface area contributed by atoms with Gasteiger partial charge < -0.3 is 4.90 Å². The predicted molar refractivity (Wildman–Crippen MR) is 36.4 cm³/mol. The summed E-state index contributed by atoms with van der Waals surface area (Å²) in [6, 6.07) is 0. The molecule has 0 aliphatic carbocycles. The molecule has 5 heteroatoms. The van der Waals surface area contributed by atoms with Crippen LogP contribution in [0.2, 0.25) is 0 Å². The van der Waals surface area contributed by atoms with Gasteiger partial charge in [0.15, 0.2) is 0 Å². The first kappa shape index (κ1) is 7.53. The largest absolute Gasteiger partial charge is 0.339 e. The molecule has 0 saturated carbocycles. The molecule has 0 aromatic heterocycles. The van der Waals surface area contributed by atoms with Crippen molar-refractivity contribution < 1.29 is 13.2 Å². The molecule has 0 aromatic carbocycles. The van der Waals surface area contributed by atoms with Crippen molar-refractivity contribution in [2.24, 2.45) is 0 Å². The first-order valence-corrected chi connectivity index (χ1v) is 4.75. The van der Waals surface area contributed by atoms with E-state index in [0.717, 1.165) is 0 Å². The van der Waals surface area contributed by atoms with E-state index in [1.807, 2.05) is 0 Å². The van der Waals surface area contributed by atoms with Crippen LogP contribution in [0.5, 0.6) is 0 Å². The van der Waals surface area contributed by atoms with Crippen molar-refractivity contribution in [3.05, 3.63) is 0 Å². The van der Waals surface area contributed by atoms with Gasteiger partial charge in [0.1, 0.15) is 0 Å². The maximum atomic E-state index is 10.8. The van der Waals surface area contributed by atoms with E-state index in [2.05, 4.69) is 0 Å². The van der Waals surface area contributed by atoms with Gasteiger partial charge in [0.25, 0.3) is 0 Å². The Kier molecular flexibility index (Phi) is 1.68. The Morgan fingerprint density at radius 3 is 2.40 bits per heavy atom. The predicted octanol–water partition coefficient (Wildman–Crippen LogP) is -0.143. The average Bonchev–Trinajstić information content (AvgIpc) is 2.10. The zero-order chi connectivity index (χ0) is 7.78. The van der Waals surface area contributed by atoms with Crippen LogP contribution < -0.4 is 0 Å². The van der Waals surface area contributed by atoms with E-state index in [9.17, 15) is 13.2 Å². The van der Waals surface area contributed by atoms with E-state index in [-0.39, 0.29) is 5.75 Å². The van der Waals surface area contributed by atoms with Gasteiger partial charge in [-0.2, -0.15) is 0 Å². The summed E-state index contributed by atoms with van der Waals surface area (Å²) in [5.41, 5.74) is 0. The molecule has 0 unspecified atom stereocenters. The van der Waals surface area contributed by atoms with Gasteiger partial charge in [-0.25, -0.2) is 8.42 Å². The molecule has 0 bridgehead atoms. The summed E-state index contributed by atoms with van der Waals surface area (Å²) >= 11 is 0. The van der Waals surface area contributed by atoms with Gasteiger partial charge in [-0.1, -0.05) is 0 Å². The fraction of sp³-hybridized carbons (Fsp3) is 0.800. The van der Waals surface area contributed by atoms with E-state index in [1.165, 1.54) is 4.90 Å². The molecule has 0 atom stereocenters. The van der Waals surface area contributed by atoms with Gasteiger partial charge in [-0.15, -0.1) is 0 Å². The molecule has 1 amide bonds. The van der Waals surface area contributed by atoms with Crippen molar-refractivity contribution in [3.8, 4) is 0 Å². The first-order valence-electron chi connectivity index (χ1n) is 3.09. The highest BCUT2D eigenvalue weighted by Gasteiger charge is 2.34. The van der Waals surface area contributed by atoms with Gasteiger partial charge in [0.2, 0.25) is 9.84 Å². The van der Waals surface area contributed by atoms with E-state index in [0.29, 0.717) is 13.1 Å². The highest BCUT2D eigenvalue weighted by molar-refractivity contribution is 8.06. The molecule has 58 valence electrons. The van der Waals surface area contributed by atoms with E-state index >= 15 is 0 Å². The van der Waals surface area contributed by atoms with Gasteiger partial charge >= 0.3 is 5.24 Å². The van der Waals surface area contributed by atoms with Gasteiger partial charge in [0.05, 0.1) is 5.75 Å². The fourth-order valence-corrected chi connectivity index (χ4v) is 2.14. The van der Waals surface area contributed by atoms with Crippen molar-refractivity contribution >= 4 is 15.1 Å². The van der Waals surface area contributed by atoms with E-state index in [1.54, 1.807) is 6.92 Å². The van der Waals surface area contributed by atoms with Gasteiger partial charge in [0, 0.05) is 13.1 Å². The third kappa shape index (κ3) is 1.01. The average molecular weight is 163 g/mol. The number of carbonyl (C=O) groups is 1. The van der Waals surface area contributed by atoms with Crippen molar-refractivity contribution in [2.75, 3.05) is 18.8 Å². The highest BCUT2D eigenvalue weighted by atomic mass is 32.2. The van der Waals surface area contributed by atoms with Crippen LogP contribution in [0, 0.1) is 0 Å². The summed E-state index contributed by atoms with van der Waals surface area (Å²) in [6.45, 7) is 2.61. The summed E-state index contributed by atoms with van der Waals surface area (Å²) in [5.74, 6) is -0.0142. The SMILES string of the molecule is CCN1CCS(=O)(=O)C1=O. The number of amides is 1. The minimum Gasteiger partial charge on any atom is -0.329 e. The molecule has 1 fully saturated rings. The number of nitrogens with zero attached hydrogens (tertiary/aromatic N) is 1. The van der Waals surface area contributed by atoms with Crippen molar-refractivity contribution in [1.82, 2.24) is 4.90 Å². The minimum absolute atomic E-state index is 0.0142. The van der Waals surface area contributed by atoms with Crippen LogP contribution in [0.3, 0.4) is 0 Å². The minimum atomic E-state index is -3.40. The standard InChI is InChI=1S/C5H9NO3S/c1-2-6-3-4-10(8,9)5(6)7/h2-4H2,1H3. The topological polar surface area (TPSA) is 54.5 Å². The molecule has 1 aliphatic heterocycles. The molecule has 0 aromatic rings. The zero-order valence-electron chi connectivity index (χ0n) is 5.70. The summed E-state index contributed by atoms with van der Waals surface area (Å²) in [6.07, 6.45) is 0. The van der Waals surface area contributed by atoms with Crippen molar-refractivity contribution in [2.45, 2.75) is 6.92 Å². The summed E-state index contributed by atoms with van der Waals surface area (Å²) in [5, 5.41) is -0.713. The normalized spacial score (nSPS) is 23.7. The Balaban J connectivity index is 2.88. The first-order chi connectivity index (χ1) is 4.58. The smallest absolute Gasteiger partial charge is 0.329 e. The second-order valence-electron chi connectivity index (χ2n) is 2.16. The van der Waals surface area contributed by atoms with Crippen LogP contribution in [-0.4, -0.2) is 37.4 Å². The Labute approximate surface area is 59.7 Å². The second kappa shape index (κ2) is 2.23. The lowest BCUT2D eigenvalue weighted by Gasteiger charge is -2.07. The van der Waals surface area contributed by atoms with Gasteiger partial charge in [-0.05, 0) is 6.92 Å². The molecular formula is C5H9NO3S. The fourth-order valence-electron chi connectivity index (χ4n) is 0.893. The zero-order valence-corrected chi connectivity index (χ0v) is 6.52. The number of hydrogen-bond acceptors (Lipinski definition) is 3. The molecule has 4 nitrogen and oxygen atoms in total. The summed E-state index contributed by atoms with van der Waals surface area (Å²) in [7, 11) is -3.40. The molecule has 0 spiro atoms. The third-order valence-electron chi connectivity index (χ3n) is 1.54. The molecule has 1 heterocycles. The van der Waals surface area contributed by atoms with Crippen LogP contribution >= 0.6 is 0 Å². The second-order valence-corrected chi connectivity index (χ2v) is 4.15. The number of carbonyl (C=O) groups excluding carboxylic acids is 1. The lowest BCUT2D eigenvalue weighted by molar-refractivity contribution is 0.231. The Bertz CT molecular complexity index is 244. The van der Waals surface area contributed by atoms with Crippen LogP contribution in [0.1, 0.15) is 6.92 Å². The van der Waals surface area contributed by atoms with Crippen molar-refractivity contribution in [1.29, 1.82) is 0 Å². The summed E-state index contributed by atoms with van der Waals surface area (Å²) in [4.78, 5) is 12.1. The van der Waals surface area contributed by atoms with Gasteiger partial charge in [-0.3, -0.25) is 4.79 Å². The van der Waals surface area contributed by atoms with Crippen LogP contribution in [0.4, 0.5) is 4.79 Å². The Morgan fingerprint density at radius 2 is 2.20 bits per heavy atom. The third-order valence-corrected chi connectivity index (χ3v) is 3.05. The molecular weight excluding hydrogens is 154 g/mol. The van der Waals surface area contributed by atoms with E-state index in [4.69, 9.17) is 0 Å². The maximum Gasteiger partial charge on any atom is 0.339 e. The monoisotopic (exact) mass is 163 g/mol. The van der Waals surface area contributed by atoms with Crippen LogP contribution in [0.25, 0.3) is 0 Å². The number of rotatable bonds is 1. The van der Waals surface area contributed by atoms with E-state index < -0.39 is 15.1 Å². The van der Waals surface area contributed by atoms with Crippen LogP contribution in [0.15, 0.2) is 0 Å². The molecule has 10 heavy (non-hydrogen) atoms.